The summed E-state index contributed by atoms with van der Waals surface area (Å²) in [6, 6.07) is 18.7. The largest absolute Gasteiger partial charge is 0.457 e. The lowest BCUT2D eigenvalue weighted by Gasteiger charge is -2.09. The first-order chi connectivity index (χ1) is 15.5. The van der Waals surface area contributed by atoms with Crippen molar-refractivity contribution in [1.29, 1.82) is 10.5 Å². The Morgan fingerprint density at radius 3 is 2.66 bits per heavy atom. The maximum absolute atomic E-state index is 12.6. The predicted octanol–water partition coefficient (Wildman–Crippen LogP) is 4.48. The zero-order valence-corrected chi connectivity index (χ0v) is 17.6. The van der Waals surface area contributed by atoms with Gasteiger partial charge in [0.25, 0.3) is 5.91 Å². The van der Waals surface area contributed by atoms with E-state index in [0.717, 1.165) is 0 Å². The van der Waals surface area contributed by atoms with Crippen LogP contribution < -0.4 is 5.32 Å². The average molecular weight is 446 g/mol. The molecule has 3 aromatic rings. The number of hydrogen-bond acceptors (Lipinski definition) is 6. The van der Waals surface area contributed by atoms with Crippen LogP contribution in [0.5, 0.6) is 0 Å². The van der Waals surface area contributed by atoms with Crippen molar-refractivity contribution in [3.63, 3.8) is 0 Å². The van der Waals surface area contributed by atoms with Gasteiger partial charge in [-0.2, -0.15) is 10.5 Å². The third-order valence-electron chi connectivity index (χ3n) is 4.47. The number of halogens is 1. The molecule has 32 heavy (non-hydrogen) atoms. The van der Waals surface area contributed by atoms with E-state index >= 15 is 0 Å². The van der Waals surface area contributed by atoms with Gasteiger partial charge in [0, 0.05) is 24.3 Å². The van der Waals surface area contributed by atoms with E-state index in [-0.39, 0.29) is 22.8 Å². The van der Waals surface area contributed by atoms with Crippen LogP contribution in [-0.2, 0) is 16.1 Å². The first-order valence-corrected chi connectivity index (χ1v) is 9.73. The monoisotopic (exact) mass is 445 g/mol. The number of rotatable bonds is 6. The van der Waals surface area contributed by atoms with Gasteiger partial charge in [-0.15, -0.1) is 0 Å². The Hall–Kier alpha value is -4.33. The Morgan fingerprint density at radius 2 is 1.94 bits per heavy atom. The van der Waals surface area contributed by atoms with Gasteiger partial charge in [-0.25, -0.2) is 4.79 Å². The Balaban J connectivity index is 1.82. The number of esters is 1. The zero-order chi connectivity index (χ0) is 23.1. The molecule has 0 saturated heterocycles. The number of furan rings is 1. The molecule has 0 aliphatic rings. The molecule has 0 aliphatic carbocycles. The smallest absolute Gasteiger partial charge is 0.340 e. The molecule has 0 aliphatic heterocycles. The zero-order valence-electron chi connectivity index (χ0n) is 16.9. The van der Waals surface area contributed by atoms with Crippen molar-refractivity contribution in [2.24, 2.45) is 0 Å². The molecule has 0 fully saturated rings. The average Bonchev–Trinajstić information content (AvgIpc) is 3.29. The summed E-state index contributed by atoms with van der Waals surface area (Å²) in [6.45, 7) is -0.0742. The van der Waals surface area contributed by atoms with E-state index in [1.54, 1.807) is 48.5 Å². The Bertz CT molecular complexity index is 1300. The quantitative estimate of drug-likeness (QED) is 0.339. The van der Waals surface area contributed by atoms with Gasteiger partial charge >= 0.3 is 5.97 Å². The van der Waals surface area contributed by atoms with Gasteiger partial charge in [-0.1, -0.05) is 29.8 Å². The standard InChI is InChI=1S/C24H16ClN3O4/c1-28-23(29)18(13-27)10-19-7-9-22(32-19)15-6-8-21(25)20(11-15)24(30)31-14-17-5-3-2-4-16(17)12-26/h2-11H,14H2,1H3,(H,28,29). The highest BCUT2D eigenvalue weighted by Crippen LogP contribution is 2.28. The minimum Gasteiger partial charge on any atom is -0.457 e. The van der Waals surface area contributed by atoms with E-state index in [1.165, 1.54) is 19.2 Å². The number of nitrogens with one attached hydrogen (secondary N) is 1. The first kappa shape index (κ1) is 22.4. The topological polar surface area (TPSA) is 116 Å². The van der Waals surface area contributed by atoms with Crippen molar-refractivity contribution in [3.8, 4) is 23.5 Å². The third-order valence-corrected chi connectivity index (χ3v) is 4.80. The van der Waals surface area contributed by atoms with Crippen LogP contribution in [0.2, 0.25) is 5.02 Å². The second-order valence-corrected chi connectivity index (χ2v) is 6.90. The van der Waals surface area contributed by atoms with Gasteiger partial charge in [0.2, 0.25) is 0 Å². The van der Waals surface area contributed by atoms with Crippen molar-refractivity contribution >= 4 is 29.6 Å². The highest BCUT2D eigenvalue weighted by molar-refractivity contribution is 6.33. The van der Waals surface area contributed by atoms with E-state index in [1.807, 2.05) is 6.07 Å². The summed E-state index contributed by atoms with van der Waals surface area (Å²) in [5, 5.41) is 20.8. The van der Waals surface area contributed by atoms with Crippen LogP contribution in [0.1, 0.15) is 27.2 Å². The number of likely N-dealkylation sites (N-methyl/N-ethyl adjacent to an activating group) is 1. The highest BCUT2D eigenvalue weighted by Gasteiger charge is 2.16. The third kappa shape index (κ3) is 5.04. The second kappa shape index (κ2) is 10.1. The predicted molar refractivity (Wildman–Crippen MR) is 117 cm³/mol. The fourth-order valence-corrected chi connectivity index (χ4v) is 3.02. The summed E-state index contributed by atoms with van der Waals surface area (Å²) in [5.41, 5.74) is 1.59. The maximum Gasteiger partial charge on any atom is 0.340 e. The van der Waals surface area contributed by atoms with Gasteiger partial charge in [0.15, 0.2) is 0 Å². The van der Waals surface area contributed by atoms with Crippen molar-refractivity contribution in [3.05, 3.63) is 87.6 Å². The van der Waals surface area contributed by atoms with Gasteiger partial charge in [0.1, 0.15) is 29.8 Å². The molecule has 8 heteroatoms. The van der Waals surface area contributed by atoms with Crippen molar-refractivity contribution in [1.82, 2.24) is 5.32 Å². The van der Waals surface area contributed by atoms with Crippen LogP contribution in [0.3, 0.4) is 0 Å². The number of carbonyl (C=O) groups is 2. The highest BCUT2D eigenvalue weighted by atomic mass is 35.5. The summed E-state index contributed by atoms with van der Waals surface area (Å²) < 4.78 is 11.0. The lowest BCUT2D eigenvalue weighted by molar-refractivity contribution is -0.116. The van der Waals surface area contributed by atoms with Crippen LogP contribution in [0, 0.1) is 22.7 Å². The van der Waals surface area contributed by atoms with E-state index in [9.17, 15) is 9.59 Å². The molecule has 1 amide bonds. The molecule has 0 bridgehead atoms. The number of amides is 1. The molecule has 1 heterocycles. The van der Waals surface area contributed by atoms with E-state index in [0.29, 0.717) is 28.2 Å². The van der Waals surface area contributed by atoms with E-state index < -0.39 is 11.9 Å². The van der Waals surface area contributed by atoms with Crippen LogP contribution in [0.4, 0.5) is 0 Å². The number of nitrogens with zero attached hydrogens (tertiary/aromatic N) is 2. The van der Waals surface area contributed by atoms with Crippen molar-refractivity contribution in [2.45, 2.75) is 6.61 Å². The maximum atomic E-state index is 12.6. The molecule has 2 aromatic carbocycles. The normalized spacial score (nSPS) is 10.7. The van der Waals surface area contributed by atoms with Crippen LogP contribution in [-0.4, -0.2) is 18.9 Å². The fourth-order valence-electron chi connectivity index (χ4n) is 2.82. The Morgan fingerprint density at radius 1 is 1.16 bits per heavy atom. The Kier molecular flexibility index (Phi) is 7.07. The SMILES string of the molecule is CNC(=O)C(C#N)=Cc1ccc(-c2ccc(Cl)c(C(=O)OCc3ccccc3C#N)c2)o1. The lowest BCUT2D eigenvalue weighted by Crippen LogP contribution is -2.18. The van der Waals surface area contributed by atoms with Gasteiger partial charge in [-0.05, 0) is 36.4 Å². The number of nitriles is 2. The first-order valence-electron chi connectivity index (χ1n) is 9.35. The summed E-state index contributed by atoms with van der Waals surface area (Å²) in [6.07, 6.45) is 1.32. The molecule has 7 nitrogen and oxygen atoms in total. The molecule has 1 aromatic heterocycles. The summed E-state index contributed by atoms with van der Waals surface area (Å²) >= 11 is 6.19. The number of hydrogen-bond donors (Lipinski definition) is 1. The molecular weight excluding hydrogens is 430 g/mol. The minimum absolute atomic E-state index is 0.0742. The molecule has 158 valence electrons. The van der Waals surface area contributed by atoms with Crippen LogP contribution >= 0.6 is 11.6 Å². The number of carbonyl (C=O) groups excluding carboxylic acids is 2. The minimum atomic E-state index is -0.650. The van der Waals surface area contributed by atoms with Gasteiger partial charge < -0.3 is 14.5 Å². The molecule has 0 saturated carbocycles. The number of benzene rings is 2. The summed E-state index contributed by atoms with van der Waals surface area (Å²) in [7, 11) is 1.42. The molecule has 0 radical (unpaired) electrons. The summed E-state index contributed by atoms with van der Waals surface area (Å²) in [5.74, 6) is -0.471. The molecule has 3 rings (SSSR count). The van der Waals surface area contributed by atoms with E-state index in [2.05, 4.69) is 11.4 Å². The van der Waals surface area contributed by atoms with Gasteiger partial charge in [-0.3, -0.25) is 4.79 Å². The van der Waals surface area contributed by atoms with Gasteiger partial charge in [0.05, 0.1) is 22.2 Å². The van der Waals surface area contributed by atoms with E-state index in [4.69, 9.17) is 31.3 Å². The van der Waals surface area contributed by atoms with Crippen LogP contribution in [0.25, 0.3) is 17.4 Å². The lowest BCUT2D eigenvalue weighted by atomic mass is 10.1. The van der Waals surface area contributed by atoms with Crippen molar-refractivity contribution < 1.29 is 18.7 Å². The molecule has 0 atom stereocenters. The molecule has 0 spiro atoms. The fraction of sp³-hybridized carbons (Fsp3) is 0.0833. The second-order valence-electron chi connectivity index (χ2n) is 6.49. The van der Waals surface area contributed by atoms with Crippen LogP contribution in [0.15, 0.2) is 64.6 Å². The summed E-state index contributed by atoms with van der Waals surface area (Å²) in [4.78, 5) is 24.3. The molecule has 1 N–H and O–H groups in total. The molecular formula is C24H16ClN3O4. The Labute approximate surface area is 189 Å². The molecule has 0 unspecified atom stereocenters. The van der Waals surface area contributed by atoms with Crippen molar-refractivity contribution in [2.75, 3.05) is 7.05 Å². The number of ether oxygens (including phenoxy) is 1.